The molecular weight excluding hydrogens is 240 g/mol. The molecule has 1 aromatic carbocycles. The van der Waals surface area contributed by atoms with Crippen molar-refractivity contribution in [2.24, 2.45) is 11.0 Å². The zero-order valence-electron chi connectivity index (χ0n) is 11.3. The van der Waals surface area contributed by atoms with E-state index in [-0.39, 0.29) is 11.8 Å². The highest BCUT2D eigenvalue weighted by atomic mass is 16.2. The van der Waals surface area contributed by atoms with Crippen molar-refractivity contribution in [1.29, 1.82) is 0 Å². The van der Waals surface area contributed by atoms with Crippen LogP contribution in [0, 0.1) is 19.8 Å². The summed E-state index contributed by atoms with van der Waals surface area (Å²) in [5.41, 5.74) is 12.0. The van der Waals surface area contributed by atoms with Gasteiger partial charge in [0.25, 0.3) is 0 Å². The molecule has 1 aromatic rings. The molecule has 0 aliphatic carbocycles. The van der Waals surface area contributed by atoms with Crippen molar-refractivity contribution < 1.29 is 4.79 Å². The van der Waals surface area contributed by atoms with Crippen LogP contribution >= 0.6 is 0 Å². The Balaban J connectivity index is 2.07. The molecule has 0 saturated carbocycles. The van der Waals surface area contributed by atoms with Gasteiger partial charge in [-0.1, -0.05) is 23.3 Å². The number of rotatable bonds is 4. The molecule has 0 radical (unpaired) electrons. The second-order valence-corrected chi connectivity index (χ2v) is 5.13. The topological polar surface area (TPSA) is 69.1 Å². The van der Waals surface area contributed by atoms with Gasteiger partial charge in [0.05, 0.1) is 0 Å². The standard InChI is InChI=1S/C14H18N4O/c1-10-4-3-5-11(2)13(10)9-18-8-12(6-14(18)19)7-16-17-15/h3-5,12H,6-9H2,1-2H3. The van der Waals surface area contributed by atoms with Gasteiger partial charge < -0.3 is 4.90 Å². The van der Waals surface area contributed by atoms with Crippen molar-refractivity contribution in [2.45, 2.75) is 26.8 Å². The van der Waals surface area contributed by atoms with E-state index in [0.29, 0.717) is 26.1 Å². The Kier molecular flexibility index (Phi) is 4.07. The maximum Gasteiger partial charge on any atom is 0.223 e. The number of amides is 1. The van der Waals surface area contributed by atoms with E-state index < -0.39 is 0 Å². The summed E-state index contributed by atoms with van der Waals surface area (Å²) >= 11 is 0. The van der Waals surface area contributed by atoms with Gasteiger partial charge >= 0.3 is 0 Å². The first-order chi connectivity index (χ1) is 9.11. The Bertz CT molecular complexity index is 514. The molecule has 2 rings (SSSR count). The van der Waals surface area contributed by atoms with Crippen molar-refractivity contribution in [3.63, 3.8) is 0 Å². The van der Waals surface area contributed by atoms with E-state index in [9.17, 15) is 4.79 Å². The van der Waals surface area contributed by atoms with E-state index in [4.69, 9.17) is 5.53 Å². The van der Waals surface area contributed by atoms with Gasteiger partial charge in [0.15, 0.2) is 0 Å². The van der Waals surface area contributed by atoms with E-state index in [2.05, 4.69) is 36.0 Å². The SMILES string of the molecule is Cc1cccc(C)c1CN1CC(CN=[N+]=[N-])CC1=O. The van der Waals surface area contributed by atoms with Crippen molar-refractivity contribution in [2.75, 3.05) is 13.1 Å². The summed E-state index contributed by atoms with van der Waals surface area (Å²) in [4.78, 5) is 16.6. The lowest BCUT2D eigenvalue weighted by molar-refractivity contribution is -0.128. The summed E-state index contributed by atoms with van der Waals surface area (Å²) in [5.74, 6) is 0.313. The van der Waals surface area contributed by atoms with Crippen molar-refractivity contribution >= 4 is 5.91 Å². The molecule has 1 heterocycles. The average Bonchev–Trinajstić information content (AvgIpc) is 2.72. The Hall–Kier alpha value is -2.00. The van der Waals surface area contributed by atoms with Gasteiger partial charge in [0, 0.05) is 31.0 Å². The van der Waals surface area contributed by atoms with Gasteiger partial charge in [0.2, 0.25) is 5.91 Å². The molecule has 1 aliphatic rings. The second-order valence-electron chi connectivity index (χ2n) is 5.13. The number of hydrogen-bond acceptors (Lipinski definition) is 2. The first-order valence-electron chi connectivity index (χ1n) is 6.45. The van der Waals surface area contributed by atoms with E-state index in [1.807, 2.05) is 11.0 Å². The molecule has 100 valence electrons. The number of carbonyl (C=O) groups is 1. The van der Waals surface area contributed by atoms with Crippen LogP contribution in [0.3, 0.4) is 0 Å². The number of benzene rings is 1. The van der Waals surface area contributed by atoms with E-state index in [1.165, 1.54) is 16.7 Å². The lowest BCUT2D eigenvalue weighted by Gasteiger charge is -2.19. The minimum absolute atomic E-state index is 0.154. The monoisotopic (exact) mass is 258 g/mol. The Morgan fingerprint density at radius 3 is 2.74 bits per heavy atom. The highest BCUT2D eigenvalue weighted by Gasteiger charge is 2.29. The van der Waals surface area contributed by atoms with Crippen LogP contribution in [0.5, 0.6) is 0 Å². The maximum atomic E-state index is 12.0. The van der Waals surface area contributed by atoms with Crippen LogP contribution in [0.15, 0.2) is 23.3 Å². The van der Waals surface area contributed by atoms with Crippen LogP contribution in [0.2, 0.25) is 0 Å². The highest BCUT2D eigenvalue weighted by molar-refractivity contribution is 5.78. The summed E-state index contributed by atoms with van der Waals surface area (Å²) in [5, 5.41) is 3.57. The van der Waals surface area contributed by atoms with E-state index in [1.54, 1.807) is 0 Å². The summed E-state index contributed by atoms with van der Waals surface area (Å²) in [6, 6.07) is 6.17. The van der Waals surface area contributed by atoms with Crippen molar-refractivity contribution in [1.82, 2.24) is 4.90 Å². The third-order valence-electron chi connectivity index (χ3n) is 3.69. The van der Waals surface area contributed by atoms with Gasteiger partial charge in [0.1, 0.15) is 0 Å². The van der Waals surface area contributed by atoms with Gasteiger partial charge in [-0.2, -0.15) is 0 Å². The zero-order valence-corrected chi connectivity index (χ0v) is 11.3. The average molecular weight is 258 g/mol. The Labute approximate surface area is 112 Å². The summed E-state index contributed by atoms with van der Waals surface area (Å²) < 4.78 is 0. The molecule has 0 bridgehead atoms. The summed E-state index contributed by atoms with van der Waals surface area (Å²) in [6.45, 7) is 5.89. The van der Waals surface area contributed by atoms with Crippen LogP contribution in [0.1, 0.15) is 23.1 Å². The highest BCUT2D eigenvalue weighted by Crippen LogP contribution is 2.23. The Morgan fingerprint density at radius 1 is 1.42 bits per heavy atom. The minimum Gasteiger partial charge on any atom is -0.338 e. The van der Waals surface area contributed by atoms with Crippen LogP contribution in [0.25, 0.3) is 10.4 Å². The van der Waals surface area contributed by atoms with Crippen molar-refractivity contribution in [3.8, 4) is 0 Å². The van der Waals surface area contributed by atoms with Gasteiger partial charge in [-0.15, -0.1) is 0 Å². The maximum absolute atomic E-state index is 12.0. The number of azide groups is 1. The fraction of sp³-hybridized carbons (Fsp3) is 0.500. The lowest BCUT2D eigenvalue weighted by atomic mass is 10.0. The predicted molar refractivity (Wildman–Crippen MR) is 73.5 cm³/mol. The molecule has 1 amide bonds. The number of likely N-dealkylation sites (tertiary alicyclic amines) is 1. The summed E-state index contributed by atoms with van der Waals surface area (Å²) in [7, 11) is 0. The van der Waals surface area contributed by atoms with E-state index in [0.717, 1.165) is 0 Å². The van der Waals surface area contributed by atoms with Crippen molar-refractivity contribution in [3.05, 3.63) is 45.3 Å². The fourth-order valence-electron chi connectivity index (χ4n) is 2.57. The second kappa shape index (κ2) is 5.76. The fourth-order valence-corrected chi connectivity index (χ4v) is 2.57. The molecule has 1 saturated heterocycles. The van der Waals surface area contributed by atoms with E-state index >= 15 is 0 Å². The molecule has 1 fully saturated rings. The summed E-state index contributed by atoms with van der Waals surface area (Å²) in [6.07, 6.45) is 0.490. The molecule has 1 aliphatic heterocycles. The smallest absolute Gasteiger partial charge is 0.223 e. The van der Waals surface area contributed by atoms with Gasteiger partial charge in [-0.25, -0.2) is 0 Å². The van der Waals surface area contributed by atoms with Crippen LogP contribution in [-0.4, -0.2) is 23.9 Å². The molecule has 19 heavy (non-hydrogen) atoms. The predicted octanol–water partition coefficient (Wildman–Crippen LogP) is 2.96. The van der Waals surface area contributed by atoms with Crippen LogP contribution in [-0.2, 0) is 11.3 Å². The lowest BCUT2D eigenvalue weighted by Crippen LogP contribution is -2.25. The molecule has 0 N–H and O–H groups in total. The molecule has 5 nitrogen and oxygen atoms in total. The molecule has 0 spiro atoms. The first-order valence-corrected chi connectivity index (χ1v) is 6.45. The molecule has 5 heteroatoms. The quantitative estimate of drug-likeness (QED) is 0.465. The minimum atomic E-state index is 0.154. The number of nitrogens with zero attached hydrogens (tertiary/aromatic N) is 4. The molecule has 1 unspecified atom stereocenters. The molecular formula is C14H18N4O. The number of aryl methyl sites for hydroxylation is 2. The normalized spacial score (nSPS) is 18.5. The van der Waals surface area contributed by atoms with Gasteiger partial charge in [-0.05, 0) is 42.0 Å². The molecule has 0 aromatic heterocycles. The third-order valence-corrected chi connectivity index (χ3v) is 3.69. The van der Waals surface area contributed by atoms with Gasteiger partial charge in [-0.3, -0.25) is 4.79 Å². The Morgan fingerprint density at radius 2 is 2.11 bits per heavy atom. The van der Waals surface area contributed by atoms with Crippen LogP contribution in [0.4, 0.5) is 0 Å². The largest absolute Gasteiger partial charge is 0.338 e. The zero-order chi connectivity index (χ0) is 13.8. The number of hydrogen-bond donors (Lipinski definition) is 0. The molecule has 1 atom stereocenters. The number of carbonyl (C=O) groups excluding carboxylic acids is 1. The third kappa shape index (κ3) is 3.06. The first kappa shape index (κ1) is 13.4. The van der Waals surface area contributed by atoms with Crippen LogP contribution < -0.4 is 0 Å².